The van der Waals surface area contributed by atoms with Crippen molar-refractivity contribution < 1.29 is 4.79 Å². The molecule has 0 radical (unpaired) electrons. The fourth-order valence-corrected chi connectivity index (χ4v) is 3.70. The lowest BCUT2D eigenvalue weighted by molar-refractivity contribution is -0.119. The van der Waals surface area contributed by atoms with Crippen LogP contribution < -0.4 is 5.32 Å². The van der Waals surface area contributed by atoms with E-state index >= 15 is 0 Å². The van der Waals surface area contributed by atoms with Gasteiger partial charge in [-0.05, 0) is 46.5 Å². The van der Waals surface area contributed by atoms with E-state index in [1.54, 1.807) is 18.7 Å². The largest absolute Gasteiger partial charge is 0.344 e. The molecule has 1 amide bonds. The molecule has 3 aromatic rings. The molecule has 0 saturated heterocycles. The number of carbonyl (C=O) groups is 1. The number of hydrogen-bond donors (Lipinski definition) is 1. The molecule has 6 heteroatoms. The molecule has 0 bridgehead atoms. The van der Waals surface area contributed by atoms with Gasteiger partial charge in [0.1, 0.15) is 0 Å². The van der Waals surface area contributed by atoms with Gasteiger partial charge in [0.05, 0.1) is 30.0 Å². The first kappa shape index (κ1) is 17.5. The van der Waals surface area contributed by atoms with E-state index in [9.17, 15) is 4.79 Å². The number of carbonyl (C=O) groups excluding carboxylic acids is 1. The number of aryl methyl sites for hydroxylation is 1. The highest BCUT2D eigenvalue weighted by molar-refractivity contribution is 6.30. The van der Waals surface area contributed by atoms with Gasteiger partial charge in [-0.3, -0.25) is 9.78 Å². The Bertz CT molecular complexity index is 1050. The molecule has 1 aliphatic rings. The minimum Gasteiger partial charge on any atom is -0.344 e. The van der Waals surface area contributed by atoms with Crippen LogP contribution in [0.15, 0.2) is 49.1 Å². The van der Waals surface area contributed by atoms with Gasteiger partial charge in [-0.1, -0.05) is 23.7 Å². The molecule has 0 spiro atoms. The third-order valence-corrected chi connectivity index (χ3v) is 5.02. The van der Waals surface area contributed by atoms with Crippen LogP contribution in [0.2, 0.25) is 5.02 Å². The Labute approximate surface area is 162 Å². The molecule has 27 heavy (non-hydrogen) atoms. The van der Waals surface area contributed by atoms with E-state index in [-0.39, 0.29) is 11.9 Å². The quantitative estimate of drug-likeness (QED) is 0.754. The summed E-state index contributed by atoms with van der Waals surface area (Å²) in [6.07, 6.45) is 8.12. The van der Waals surface area contributed by atoms with E-state index in [4.69, 9.17) is 11.6 Å². The average molecular weight is 379 g/mol. The minimum absolute atomic E-state index is 0.110. The number of hydrogen-bond acceptors (Lipinski definition) is 3. The fourth-order valence-electron chi connectivity index (χ4n) is 3.53. The van der Waals surface area contributed by atoms with Crippen LogP contribution in [0.1, 0.15) is 41.0 Å². The Morgan fingerprint density at radius 1 is 1.33 bits per heavy atom. The summed E-state index contributed by atoms with van der Waals surface area (Å²) in [6, 6.07) is 9.50. The molecule has 2 heterocycles. The van der Waals surface area contributed by atoms with Crippen LogP contribution in [0.5, 0.6) is 0 Å². The van der Waals surface area contributed by atoms with E-state index in [1.807, 2.05) is 41.9 Å². The third-order valence-electron chi connectivity index (χ3n) is 4.79. The molecule has 1 aromatic carbocycles. The highest BCUT2D eigenvalue weighted by atomic mass is 35.5. The molecule has 0 saturated carbocycles. The highest BCUT2D eigenvalue weighted by Gasteiger charge is 2.26. The predicted octanol–water partition coefficient (Wildman–Crippen LogP) is 3.79. The number of aromatic nitrogens is 3. The maximum absolute atomic E-state index is 12.0. The molecular weight excluding hydrogens is 360 g/mol. The molecule has 4 rings (SSSR count). The molecule has 0 aliphatic heterocycles. The van der Waals surface area contributed by atoms with Crippen molar-refractivity contribution in [1.29, 1.82) is 0 Å². The number of amides is 1. The lowest BCUT2D eigenvalue weighted by Gasteiger charge is -2.23. The van der Waals surface area contributed by atoms with Crippen molar-refractivity contribution >= 4 is 29.2 Å². The summed E-state index contributed by atoms with van der Waals surface area (Å²) in [5.74, 6) is -0.110. The molecule has 136 valence electrons. The molecule has 2 aromatic heterocycles. The van der Waals surface area contributed by atoms with Gasteiger partial charge in [0, 0.05) is 31.6 Å². The lowest BCUT2D eigenvalue weighted by atomic mass is 9.92. The van der Waals surface area contributed by atoms with Crippen molar-refractivity contribution in [2.45, 2.75) is 19.4 Å². The number of nitrogens with one attached hydrogen (secondary N) is 1. The zero-order chi connectivity index (χ0) is 19.0. The van der Waals surface area contributed by atoms with Crippen LogP contribution >= 0.6 is 11.6 Å². The van der Waals surface area contributed by atoms with Crippen molar-refractivity contribution in [3.05, 3.63) is 82.2 Å². The van der Waals surface area contributed by atoms with E-state index in [0.29, 0.717) is 11.4 Å². The summed E-state index contributed by atoms with van der Waals surface area (Å²) in [7, 11) is 1.92. The van der Waals surface area contributed by atoms with Crippen molar-refractivity contribution in [2.24, 2.45) is 7.05 Å². The number of pyridine rings is 1. The molecular formula is C21H19ClN4O. The zero-order valence-electron chi connectivity index (χ0n) is 15.1. The van der Waals surface area contributed by atoms with E-state index in [2.05, 4.69) is 21.4 Å². The third kappa shape index (κ3) is 3.38. The number of halogens is 1. The zero-order valence-corrected chi connectivity index (χ0v) is 15.9. The van der Waals surface area contributed by atoms with Crippen LogP contribution in [0.25, 0.3) is 11.6 Å². The van der Waals surface area contributed by atoms with Gasteiger partial charge < -0.3 is 9.88 Å². The van der Waals surface area contributed by atoms with Gasteiger partial charge in [0.25, 0.3) is 0 Å². The second kappa shape index (κ2) is 7.00. The van der Waals surface area contributed by atoms with Crippen molar-refractivity contribution in [3.63, 3.8) is 0 Å². The molecule has 5 nitrogen and oxygen atoms in total. The molecule has 1 unspecified atom stereocenters. The molecule has 1 N–H and O–H groups in total. The van der Waals surface area contributed by atoms with Crippen LogP contribution in [0.4, 0.5) is 0 Å². The van der Waals surface area contributed by atoms with Gasteiger partial charge in [-0.15, -0.1) is 0 Å². The monoisotopic (exact) mass is 378 g/mol. The first-order valence-corrected chi connectivity index (χ1v) is 9.08. The lowest BCUT2D eigenvalue weighted by Crippen LogP contribution is -2.28. The Morgan fingerprint density at radius 3 is 2.93 bits per heavy atom. The van der Waals surface area contributed by atoms with E-state index < -0.39 is 0 Å². The first-order chi connectivity index (χ1) is 13.0. The number of imidazole rings is 1. The maximum atomic E-state index is 12.0. The molecule has 1 atom stereocenters. The molecule has 0 fully saturated rings. The Morgan fingerprint density at radius 2 is 2.19 bits per heavy atom. The van der Waals surface area contributed by atoms with Crippen molar-refractivity contribution in [3.8, 4) is 0 Å². The van der Waals surface area contributed by atoms with Crippen LogP contribution in [-0.4, -0.2) is 20.4 Å². The minimum atomic E-state index is -0.349. The van der Waals surface area contributed by atoms with Crippen LogP contribution in [0, 0.1) is 0 Å². The Kier molecular flexibility index (Phi) is 4.54. The summed E-state index contributed by atoms with van der Waals surface area (Å²) in [4.78, 5) is 20.8. The van der Waals surface area contributed by atoms with Crippen molar-refractivity contribution in [1.82, 2.24) is 19.9 Å². The summed E-state index contributed by atoms with van der Waals surface area (Å²) in [5.41, 5.74) is 6.05. The van der Waals surface area contributed by atoms with Gasteiger partial charge in [0.2, 0.25) is 5.91 Å². The smallest absolute Gasteiger partial charge is 0.217 e. The van der Waals surface area contributed by atoms with E-state index in [1.165, 1.54) is 6.92 Å². The van der Waals surface area contributed by atoms with Gasteiger partial charge in [-0.25, -0.2) is 4.98 Å². The summed E-state index contributed by atoms with van der Waals surface area (Å²) in [6.45, 7) is 1.52. The van der Waals surface area contributed by atoms with Crippen LogP contribution in [0.3, 0.4) is 0 Å². The van der Waals surface area contributed by atoms with Crippen LogP contribution in [-0.2, 0) is 18.3 Å². The average Bonchev–Trinajstić information content (AvgIpc) is 2.98. The molecule has 1 aliphatic carbocycles. The standard InChI is InChI=1S/C21H19ClN4O/c1-13(27)25-21(20-11-23-12-26(20)2)18-8-15-4-3-7-24-19(15)9-14-5-6-16(22)10-17(14)18/h3-8,10-12,21H,9H2,1-2H3,(H,25,27). The predicted molar refractivity (Wildman–Crippen MR) is 106 cm³/mol. The summed E-state index contributed by atoms with van der Waals surface area (Å²) in [5, 5.41) is 3.74. The topological polar surface area (TPSA) is 59.8 Å². The summed E-state index contributed by atoms with van der Waals surface area (Å²) >= 11 is 6.33. The van der Waals surface area contributed by atoms with Gasteiger partial charge >= 0.3 is 0 Å². The SMILES string of the molecule is CC(=O)NC(C1=Cc2cccnc2Cc2ccc(Cl)cc21)c1cncn1C. The fraction of sp³-hybridized carbons (Fsp3) is 0.190. The number of fused-ring (bicyclic) bond motifs is 2. The van der Waals surface area contributed by atoms with E-state index in [0.717, 1.165) is 33.7 Å². The summed E-state index contributed by atoms with van der Waals surface area (Å²) < 4.78 is 1.92. The second-order valence-electron chi connectivity index (χ2n) is 6.68. The number of rotatable bonds is 3. The maximum Gasteiger partial charge on any atom is 0.217 e. The van der Waals surface area contributed by atoms with Gasteiger partial charge in [-0.2, -0.15) is 0 Å². The Hall–Kier alpha value is -2.92. The second-order valence-corrected chi connectivity index (χ2v) is 7.12. The number of nitrogens with zero attached hydrogens (tertiary/aromatic N) is 3. The van der Waals surface area contributed by atoms with Crippen molar-refractivity contribution in [2.75, 3.05) is 0 Å². The van der Waals surface area contributed by atoms with Gasteiger partial charge in [0.15, 0.2) is 0 Å². The Balaban J connectivity index is 1.97. The normalized spacial score (nSPS) is 13.8. The first-order valence-electron chi connectivity index (χ1n) is 8.70. The number of benzene rings is 1. The highest BCUT2D eigenvalue weighted by Crippen LogP contribution is 2.38.